The lowest BCUT2D eigenvalue weighted by Crippen LogP contribution is -2.30. The Bertz CT molecular complexity index is 695. The molecule has 25 heavy (non-hydrogen) atoms. The van der Waals surface area contributed by atoms with E-state index in [0.717, 1.165) is 11.3 Å². The summed E-state index contributed by atoms with van der Waals surface area (Å²) in [6.07, 6.45) is 0.599. The predicted octanol–water partition coefficient (Wildman–Crippen LogP) is 2.22. The average Bonchev–Trinajstić information content (AvgIpc) is 2.66. The van der Waals surface area contributed by atoms with Gasteiger partial charge in [-0.15, -0.1) is 0 Å². The molecule has 2 rings (SSSR count). The first-order chi connectivity index (χ1) is 12.1. The summed E-state index contributed by atoms with van der Waals surface area (Å²) in [6.45, 7) is 0.0804. The number of hydrogen-bond acceptors (Lipinski definition) is 5. The number of hydrogen-bond donors (Lipinski definition) is 1. The highest BCUT2D eigenvalue weighted by Gasteiger charge is 2.09. The highest BCUT2D eigenvalue weighted by atomic mass is 16.5. The lowest BCUT2D eigenvalue weighted by atomic mass is 10.1. The van der Waals surface area contributed by atoms with Crippen LogP contribution in [-0.4, -0.2) is 39.2 Å². The van der Waals surface area contributed by atoms with Crippen molar-refractivity contribution in [3.63, 3.8) is 0 Å². The van der Waals surface area contributed by atoms with Crippen molar-refractivity contribution in [3.8, 4) is 11.5 Å². The maximum Gasteiger partial charge on any atom is 0.325 e. The van der Waals surface area contributed by atoms with Gasteiger partial charge >= 0.3 is 5.97 Å². The van der Waals surface area contributed by atoms with Crippen LogP contribution in [0.25, 0.3) is 0 Å². The van der Waals surface area contributed by atoms with Gasteiger partial charge in [-0.25, -0.2) is 0 Å². The zero-order valence-corrected chi connectivity index (χ0v) is 14.3. The summed E-state index contributed by atoms with van der Waals surface area (Å²) in [4.78, 5) is 23.6. The Labute approximate surface area is 146 Å². The van der Waals surface area contributed by atoms with Crippen LogP contribution < -0.4 is 14.8 Å². The molecule has 6 heteroatoms. The SMILES string of the molecule is COc1ccc(CCOC(=O)CNC(=O)c2ccc(OC)cc2)cc1. The van der Waals surface area contributed by atoms with Gasteiger partial charge in [0.25, 0.3) is 5.91 Å². The summed E-state index contributed by atoms with van der Waals surface area (Å²) >= 11 is 0. The Balaban J connectivity index is 1.69. The average molecular weight is 343 g/mol. The quantitative estimate of drug-likeness (QED) is 0.744. The Morgan fingerprint density at radius 3 is 2.00 bits per heavy atom. The van der Waals surface area contributed by atoms with Gasteiger partial charge in [0.05, 0.1) is 20.8 Å². The molecule has 0 unspecified atom stereocenters. The first-order valence-electron chi connectivity index (χ1n) is 7.83. The monoisotopic (exact) mass is 343 g/mol. The third-order valence-electron chi connectivity index (χ3n) is 3.56. The molecule has 132 valence electrons. The molecule has 1 amide bonds. The van der Waals surface area contributed by atoms with Gasteiger partial charge in [-0.3, -0.25) is 9.59 Å². The summed E-state index contributed by atoms with van der Waals surface area (Å²) < 4.78 is 15.2. The van der Waals surface area contributed by atoms with Crippen LogP contribution in [0, 0.1) is 0 Å². The largest absolute Gasteiger partial charge is 0.497 e. The molecule has 0 atom stereocenters. The van der Waals surface area contributed by atoms with Gasteiger partial charge < -0.3 is 19.5 Å². The predicted molar refractivity (Wildman–Crippen MR) is 93.0 cm³/mol. The van der Waals surface area contributed by atoms with Crippen LogP contribution in [0.2, 0.25) is 0 Å². The topological polar surface area (TPSA) is 73.9 Å². The lowest BCUT2D eigenvalue weighted by Gasteiger charge is -2.08. The van der Waals surface area contributed by atoms with Gasteiger partial charge in [-0.1, -0.05) is 12.1 Å². The number of rotatable bonds is 8. The number of benzene rings is 2. The van der Waals surface area contributed by atoms with Crippen LogP contribution in [0.5, 0.6) is 11.5 Å². The van der Waals surface area contributed by atoms with Crippen molar-refractivity contribution in [2.24, 2.45) is 0 Å². The van der Waals surface area contributed by atoms with Crippen molar-refractivity contribution in [1.29, 1.82) is 0 Å². The first-order valence-corrected chi connectivity index (χ1v) is 7.83. The summed E-state index contributed by atoms with van der Waals surface area (Å²) in [7, 11) is 3.16. The van der Waals surface area contributed by atoms with Crippen molar-refractivity contribution in [3.05, 3.63) is 59.7 Å². The molecule has 0 aliphatic carbocycles. The van der Waals surface area contributed by atoms with Crippen LogP contribution in [0.1, 0.15) is 15.9 Å². The van der Waals surface area contributed by atoms with E-state index < -0.39 is 5.97 Å². The number of nitrogens with one attached hydrogen (secondary N) is 1. The Morgan fingerprint density at radius 2 is 1.44 bits per heavy atom. The molecular weight excluding hydrogens is 322 g/mol. The molecule has 0 saturated heterocycles. The van der Waals surface area contributed by atoms with Crippen molar-refractivity contribution < 1.29 is 23.8 Å². The van der Waals surface area contributed by atoms with Crippen molar-refractivity contribution in [2.45, 2.75) is 6.42 Å². The van der Waals surface area contributed by atoms with Gasteiger partial charge in [-0.05, 0) is 42.0 Å². The second-order valence-electron chi connectivity index (χ2n) is 5.23. The number of carbonyl (C=O) groups is 2. The molecule has 2 aromatic rings. The zero-order valence-electron chi connectivity index (χ0n) is 14.3. The summed E-state index contributed by atoms with van der Waals surface area (Å²) in [6, 6.07) is 14.2. The number of esters is 1. The number of methoxy groups -OCH3 is 2. The lowest BCUT2D eigenvalue weighted by molar-refractivity contribution is -0.142. The molecule has 0 fully saturated rings. The van der Waals surface area contributed by atoms with Crippen LogP contribution in [0.3, 0.4) is 0 Å². The van der Waals surface area contributed by atoms with E-state index in [-0.39, 0.29) is 19.1 Å². The number of ether oxygens (including phenoxy) is 3. The van der Waals surface area contributed by atoms with E-state index in [1.165, 1.54) is 0 Å². The van der Waals surface area contributed by atoms with E-state index in [2.05, 4.69) is 5.32 Å². The minimum atomic E-state index is -0.477. The van der Waals surface area contributed by atoms with Crippen LogP contribution in [-0.2, 0) is 16.0 Å². The van der Waals surface area contributed by atoms with Crippen LogP contribution in [0.15, 0.2) is 48.5 Å². The van der Waals surface area contributed by atoms with Gasteiger partial charge in [0.15, 0.2) is 0 Å². The van der Waals surface area contributed by atoms with E-state index >= 15 is 0 Å². The fraction of sp³-hybridized carbons (Fsp3) is 0.263. The molecule has 0 bridgehead atoms. The molecule has 0 saturated carbocycles. The van der Waals surface area contributed by atoms with Crippen LogP contribution >= 0.6 is 0 Å². The van der Waals surface area contributed by atoms with E-state index in [1.807, 2.05) is 24.3 Å². The van der Waals surface area contributed by atoms with Crippen molar-refractivity contribution in [1.82, 2.24) is 5.32 Å². The minimum absolute atomic E-state index is 0.173. The van der Waals surface area contributed by atoms with Gasteiger partial charge in [0, 0.05) is 12.0 Å². The highest BCUT2D eigenvalue weighted by molar-refractivity contribution is 5.96. The first kappa shape index (κ1) is 18.3. The van der Waals surface area contributed by atoms with Crippen molar-refractivity contribution in [2.75, 3.05) is 27.4 Å². The Hall–Kier alpha value is -3.02. The smallest absolute Gasteiger partial charge is 0.325 e. The maximum absolute atomic E-state index is 11.9. The fourth-order valence-electron chi connectivity index (χ4n) is 2.12. The summed E-state index contributed by atoms with van der Waals surface area (Å²) in [5.41, 5.74) is 1.49. The second-order valence-corrected chi connectivity index (χ2v) is 5.23. The third kappa shape index (κ3) is 5.84. The highest BCUT2D eigenvalue weighted by Crippen LogP contribution is 2.12. The Morgan fingerprint density at radius 1 is 0.880 bits per heavy atom. The second kappa shape index (κ2) is 9.32. The van der Waals surface area contributed by atoms with Gasteiger partial charge in [0.1, 0.15) is 18.0 Å². The maximum atomic E-state index is 11.9. The van der Waals surface area contributed by atoms with E-state index in [1.54, 1.807) is 38.5 Å². The molecule has 0 aliphatic heterocycles. The zero-order chi connectivity index (χ0) is 18.1. The van der Waals surface area contributed by atoms with E-state index in [4.69, 9.17) is 14.2 Å². The number of carbonyl (C=O) groups excluding carboxylic acids is 2. The Kier molecular flexibility index (Phi) is 6.83. The summed E-state index contributed by atoms with van der Waals surface area (Å²) in [5.74, 6) is 0.626. The number of amides is 1. The van der Waals surface area contributed by atoms with Crippen LogP contribution in [0.4, 0.5) is 0 Å². The normalized spacial score (nSPS) is 10.0. The molecular formula is C19H21NO5. The third-order valence-corrected chi connectivity index (χ3v) is 3.56. The van der Waals surface area contributed by atoms with E-state index in [0.29, 0.717) is 17.7 Å². The fourth-order valence-corrected chi connectivity index (χ4v) is 2.12. The standard InChI is InChI=1S/C19H21NO5/c1-23-16-7-3-14(4-8-16)11-12-25-18(21)13-20-19(22)15-5-9-17(24-2)10-6-15/h3-10H,11-13H2,1-2H3,(H,20,22). The molecule has 0 radical (unpaired) electrons. The molecule has 2 aromatic carbocycles. The molecule has 0 aromatic heterocycles. The molecule has 6 nitrogen and oxygen atoms in total. The van der Waals surface area contributed by atoms with E-state index in [9.17, 15) is 9.59 Å². The summed E-state index contributed by atoms with van der Waals surface area (Å²) in [5, 5.41) is 2.53. The van der Waals surface area contributed by atoms with Gasteiger partial charge in [0.2, 0.25) is 0 Å². The molecule has 0 aliphatic rings. The molecule has 1 N–H and O–H groups in total. The van der Waals surface area contributed by atoms with Gasteiger partial charge in [-0.2, -0.15) is 0 Å². The molecule has 0 spiro atoms. The minimum Gasteiger partial charge on any atom is -0.497 e. The molecule has 0 heterocycles. The van der Waals surface area contributed by atoms with Crippen molar-refractivity contribution >= 4 is 11.9 Å².